The summed E-state index contributed by atoms with van der Waals surface area (Å²) in [6.45, 7) is 6.63. The number of aromatic nitrogens is 2. The summed E-state index contributed by atoms with van der Waals surface area (Å²) in [6.07, 6.45) is 2.62. The van der Waals surface area contributed by atoms with E-state index >= 15 is 0 Å². The van der Waals surface area contributed by atoms with Crippen molar-refractivity contribution >= 4 is 27.5 Å². The summed E-state index contributed by atoms with van der Waals surface area (Å²) in [6, 6.07) is 7.79. The highest BCUT2D eigenvalue weighted by Crippen LogP contribution is 2.28. The lowest BCUT2D eigenvalue weighted by Crippen LogP contribution is -2.12. The molecule has 28 heavy (non-hydrogen) atoms. The van der Waals surface area contributed by atoms with Crippen LogP contribution in [0.25, 0.3) is 10.2 Å². The van der Waals surface area contributed by atoms with E-state index in [-0.39, 0.29) is 5.56 Å². The van der Waals surface area contributed by atoms with Crippen LogP contribution in [0.2, 0.25) is 0 Å². The van der Waals surface area contributed by atoms with Crippen LogP contribution >= 0.6 is 11.3 Å². The summed E-state index contributed by atoms with van der Waals surface area (Å²) in [4.78, 5) is 33.0. The fourth-order valence-electron chi connectivity index (χ4n) is 2.89. The second-order valence-corrected chi connectivity index (χ2v) is 7.49. The number of unbranched alkanes of at least 4 members (excludes halogenated alkanes) is 1. The van der Waals surface area contributed by atoms with Crippen LogP contribution in [0.15, 0.2) is 29.1 Å². The Bertz CT molecular complexity index is 1020. The first-order valence-corrected chi connectivity index (χ1v) is 10.3. The van der Waals surface area contributed by atoms with Gasteiger partial charge >= 0.3 is 5.97 Å². The van der Waals surface area contributed by atoms with E-state index in [2.05, 4.69) is 16.9 Å². The highest BCUT2D eigenvalue weighted by Gasteiger charge is 2.20. The molecule has 0 radical (unpaired) electrons. The number of rotatable bonds is 8. The number of carbonyl (C=O) groups excluding carboxylic acids is 1. The van der Waals surface area contributed by atoms with Gasteiger partial charge in [0.25, 0.3) is 5.56 Å². The average molecular weight is 401 g/mol. The zero-order chi connectivity index (χ0) is 20.1. The maximum absolute atomic E-state index is 12.5. The number of esters is 1. The first kappa shape index (κ1) is 20.1. The van der Waals surface area contributed by atoms with E-state index in [1.807, 2.05) is 24.3 Å². The topological polar surface area (TPSA) is 81.3 Å². The molecule has 0 aliphatic rings. The van der Waals surface area contributed by atoms with Crippen molar-refractivity contribution in [1.29, 1.82) is 0 Å². The van der Waals surface area contributed by atoms with Crippen LogP contribution in [-0.4, -0.2) is 29.2 Å². The Morgan fingerprint density at radius 2 is 1.96 bits per heavy atom. The number of ether oxygens (including phenoxy) is 2. The minimum atomic E-state index is -0.414. The molecule has 0 aliphatic carbocycles. The first-order valence-electron chi connectivity index (χ1n) is 9.44. The van der Waals surface area contributed by atoms with Gasteiger partial charge in [0.05, 0.1) is 18.6 Å². The standard InChI is InChI=1S/C21H24N2O4S/c1-4-6-11-27-15-9-7-14(8-10-15)12-16-22-19(24)17-13(3)18(21(25)26-5-2)28-20(17)23-16/h7-10H,4-6,11-12H2,1-3H3,(H,22,23,24). The number of nitrogens with zero attached hydrogens (tertiary/aromatic N) is 1. The average Bonchev–Trinajstić information content (AvgIpc) is 3.00. The van der Waals surface area contributed by atoms with Crippen LogP contribution in [0, 0.1) is 6.92 Å². The Hall–Kier alpha value is -2.67. The molecule has 6 nitrogen and oxygen atoms in total. The molecule has 2 heterocycles. The molecule has 0 atom stereocenters. The number of hydrogen-bond acceptors (Lipinski definition) is 6. The third kappa shape index (κ3) is 4.42. The van der Waals surface area contributed by atoms with Gasteiger partial charge < -0.3 is 14.5 Å². The largest absolute Gasteiger partial charge is 0.494 e. The van der Waals surface area contributed by atoms with Crippen molar-refractivity contribution in [3.63, 3.8) is 0 Å². The van der Waals surface area contributed by atoms with Gasteiger partial charge in [0.2, 0.25) is 0 Å². The molecule has 3 rings (SSSR count). The van der Waals surface area contributed by atoms with Crippen molar-refractivity contribution in [3.05, 3.63) is 56.4 Å². The van der Waals surface area contributed by atoms with Gasteiger partial charge in [-0.3, -0.25) is 4.79 Å². The second kappa shape index (κ2) is 9.01. The van der Waals surface area contributed by atoms with Crippen LogP contribution in [0.5, 0.6) is 5.75 Å². The van der Waals surface area contributed by atoms with Crippen LogP contribution in [-0.2, 0) is 11.2 Å². The van der Waals surface area contributed by atoms with Gasteiger partial charge in [-0.05, 0) is 43.5 Å². The van der Waals surface area contributed by atoms with Crippen molar-refractivity contribution in [2.45, 2.75) is 40.0 Å². The lowest BCUT2D eigenvalue weighted by atomic mass is 10.1. The van der Waals surface area contributed by atoms with Crippen LogP contribution in [0.3, 0.4) is 0 Å². The van der Waals surface area contributed by atoms with Gasteiger partial charge in [-0.1, -0.05) is 25.5 Å². The summed E-state index contributed by atoms with van der Waals surface area (Å²) < 4.78 is 10.7. The van der Waals surface area contributed by atoms with Crippen molar-refractivity contribution in [2.75, 3.05) is 13.2 Å². The summed E-state index contributed by atoms with van der Waals surface area (Å²) in [5, 5.41) is 0.455. The number of H-pyrrole nitrogens is 1. The number of hydrogen-bond donors (Lipinski definition) is 1. The minimum Gasteiger partial charge on any atom is -0.494 e. The molecule has 0 saturated carbocycles. The van der Waals surface area contributed by atoms with Gasteiger partial charge in [-0.2, -0.15) is 0 Å². The van der Waals surface area contributed by atoms with Crippen molar-refractivity contribution in [1.82, 2.24) is 9.97 Å². The molecule has 0 bridgehead atoms. The van der Waals surface area contributed by atoms with Crippen LogP contribution < -0.4 is 10.3 Å². The normalized spacial score (nSPS) is 11.0. The predicted octanol–water partition coefficient (Wildman–Crippen LogP) is 4.24. The van der Waals surface area contributed by atoms with E-state index in [0.717, 1.165) is 24.2 Å². The SMILES string of the molecule is CCCCOc1ccc(Cc2nc3sc(C(=O)OCC)c(C)c3c(=O)[nH]2)cc1. The third-order valence-corrected chi connectivity index (χ3v) is 5.54. The highest BCUT2D eigenvalue weighted by molar-refractivity contribution is 7.20. The molecular weight excluding hydrogens is 376 g/mol. The van der Waals surface area contributed by atoms with E-state index in [0.29, 0.717) is 46.1 Å². The number of fused-ring (bicyclic) bond motifs is 1. The predicted molar refractivity (Wildman–Crippen MR) is 111 cm³/mol. The van der Waals surface area contributed by atoms with Gasteiger partial charge in [-0.25, -0.2) is 9.78 Å². The van der Waals surface area contributed by atoms with Crippen molar-refractivity contribution < 1.29 is 14.3 Å². The summed E-state index contributed by atoms with van der Waals surface area (Å²) in [5.41, 5.74) is 1.40. The maximum atomic E-state index is 12.5. The number of aryl methyl sites for hydroxylation is 1. The number of carbonyl (C=O) groups is 1. The summed E-state index contributed by atoms with van der Waals surface area (Å²) >= 11 is 1.20. The minimum absolute atomic E-state index is 0.233. The Balaban J connectivity index is 1.82. The van der Waals surface area contributed by atoms with Crippen LogP contribution in [0.4, 0.5) is 0 Å². The number of benzene rings is 1. The zero-order valence-electron chi connectivity index (χ0n) is 16.3. The van der Waals surface area contributed by atoms with Gasteiger partial charge in [0.15, 0.2) is 0 Å². The molecular formula is C21H24N2O4S. The van der Waals surface area contributed by atoms with E-state index in [1.165, 1.54) is 11.3 Å². The Morgan fingerprint density at radius 1 is 1.21 bits per heavy atom. The Kier molecular flexibility index (Phi) is 6.46. The zero-order valence-corrected chi connectivity index (χ0v) is 17.1. The van der Waals surface area contributed by atoms with Gasteiger partial charge in [0.1, 0.15) is 21.3 Å². The second-order valence-electron chi connectivity index (χ2n) is 6.49. The number of thiophene rings is 1. The lowest BCUT2D eigenvalue weighted by Gasteiger charge is -2.06. The molecule has 1 aromatic carbocycles. The molecule has 0 saturated heterocycles. The summed E-state index contributed by atoms with van der Waals surface area (Å²) in [5.74, 6) is 0.985. The Labute approximate surface area is 167 Å². The van der Waals surface area contributed by atoms with Crippen molar-refractivity contribution in [2.24, 2.45) is 0 Å². The van der Waals surface area contributed by atoms with E-state index in [1.54, 1.807) is 13.8 Å². The molecule has 1 N–H and O–H groups in total. The van der Waals surface area contributed by atoms with Crippen LogP contribution in [0.1, 0.15) is 53.3 Å². The highest BCUT2D eigenvalue weighted by atomic mass is 32.1. The quantitative estimate of drug-likeness (QED) is 0.452. The van der Waals surface area contributed by atoms with E-state index < -0.39 is 5.97 Å². The fraction of sp³-hybridized carbons (Fsp3) is 0.381. The summed E-state index contributed by atoms with van der Waals surface area (Å²) in [7, 11) is 0. The molecule has 0 unspecified atom stereocenters. The van der Waals surface area contributed by atoms with Gasteiger partial charge in [0, 0.05) is 6.42 Å². The van der Waals surface area contributed by atoms with E-state index in [9.17, 15) is 9.59 Å². The maximum Gasteiger partial charge on any atom is 0.348 e. The molecule has 7 heteroatoms. The molecule has 0 fully saturated rings. The molecule has 2 aromatic heterocycles. The molecule has 0 spiro atoms. The Morgan fingerprint density at radius 3 is 2.64 bits per heavy atom. The molecule has 0 amide bonds. The van der Waals surface area contributed by atoms with Crippen molar-refractivity contribution in [3.8, 4) is 5.75 Å². The first-order chi connectivity index (χ1) is 13.5. The number of nitrogens with one attached hydrogen (secondary N) is 1. The number of aromatic amines is 1. The third-order valence-electron chi connectivity index (χ3n) is 4.37. The molecule has 0 aliphatic heterocycles. The smallest absolute Gasteiger partial charge is 0.348 e. The fourth-order valence-corrected chi connectivity index (χ4v) is 3.99. The molecule has 148 valence electrons. The van der Waals surface area contributed by atoms with Gasteiger partial charge in [-0.15, -0.1) is 11.3 Å². The lowest BCUT2D eigenvalue weighted by molar-refractivity contribution is 0.0531. The molecule has 3 aromatic rings. The monoisotopic (exact) mass is 400 g/mol. The van der Waals surface area contributed by atoms with E-state index in [4.69, 9.17) is 9.47 Å².